The predicted octanol–water partition coefficient (Wildman–Crippen LogP) is 4.79. The van der Waals surface area contributed by atoms with Gasteiger partial charge in [-0.1, -0.05) is 35.5 Å². The Labute approximate surface area is 184 Å². The van der Waals surface area contributed by atoms with Crippen LogP contribution in [0.3, 0.4) is 0 Å². The van der Waals surface area contributed by atoms with Crippen LogP contribution in [0.25, 0.3) is 11.4 Å². The molecule has 1 saturated heterocycles. The first-order chi connectivity index (χ1) is 15.3. The summed E-state index contributed by atoms with van der Waals surface area (Å²) in [6.07, 6.45) is -4.43. The Balaban J connectivity index is 1.49. The van der Waals surface area contributed by atoms with Gasteiger partial charge in [0.05, 0.1) is 24.8 Å². The third-order valence-electron chi connectivity index (χ3n) is 5.67. The molecular weight excluding hydrogens is 421 g/mol. The number of hydrogen-bond donors (Lipinski definition) is 0. The normalized spacial score (nSPS) is 15.9. The topological polar surface area (TPSA) is 54.6 Å². The molecule has 1 unspecified atom stereocenters. The monoisotopic (exact) mass is 446 g/mol. The van der Waals surface area contributed by atoms with Crippen molar-refractivity contribution in [2.45, 2.75) is 25.7 Å². The highest BCUT2D eigenvalue weighted by Crippen LogP contribution is 2.32. The van der Waals surface area contributed by atoms with E-state index in [2.05, 4.69) is 32.1 Å². The molecule has 2 aromatic carbocycles. The summed E-state index contributed by atoms with van der Waals surface area (Å²) >= 11 is 0. The second-order valence-corrected chi connectivity index (χ2v) is 7.85. The standard InChI is InChI=1S/C23H25F3N4O2/c1-16(22-27-21(28-32-22)17-7-5-8-19(14-17)23(24,25)26)29(2)15-18-6-3-4-9-20(18)30-10-12-31-13-11-30/h3-9,14,16H,10-13,15H2,1-2H3. The predicted molar refractivity (Wildman–Crippen MR) is 114 cm³/mol. The minimum Gasteiger partial charge on any atom is -0.378 e. The third kappa shape index (κ3) is 4.94. The number of nitrogens with zero attached hydrogens (tertiary/aromatic N) is 4. The van der Waals surface area contributed by atoms with E-state index in [0.29, 0.717) is 25.6 Å². The van der Waals surface area contributed by atoms with Crippen molar-refractivity contribution >= 4 is 5.69 Å². The number of ether oxygens (including phenoxy) is 1. The van der Waals surface area contributed by atoms with E-state index >= 15 is 0 Å². The van der Waals surface area contributed by atoms with E-state index in [9.17, 15) is 13.2 Å². The molecule has 3 aromatic rings. The van der Waals surface area contributed by atoms with Gasteiger partial charge >= 0.3 is 6.18 Å². The van der Waals surface area contributed by atoms with E-state index in [4.69, 9.17) is 9.26 Å². The van der Waals surface area contributed by atoms with Crippen LogP contribution in [-0.2, 0) is 17.5 Å². The molecule has 0 amide bonds. The smallest absolute Gasteiger partial charge is 0.378 e. The molecule has 0 radical (unpaired) electrons. The molecular formula is C23H25F3N4O2. The molecule has 6 nitrogen and oxygen atoms in total. The van der Waals surface area contributed by atoms with Gasteiger partial charge in [-0.2, -0.15) is 18.2 Å². The van der Waals surface area contributed by atoms with E-state index in [1.165, 1.54) is 23.4 Å². The van der Waals surface area contributed by atoms with Crippen LogP contribution in [0.5, 0.6) is 0 Å². The highest BCUT2D eigenvalue weighted by molar-refractivity contribution is 5.56. The lowest BCUT2D eigenvalue weighted by atomic mass is 10.1. The van der Waals surface area contributed by atoms with Gasteiger partial charge in [0.15, 0.2) is 0 Å². The Hall–Kier alpha value is -2.91. The van der Waals surface area contributed by atoms with Crippen molar-refractivity contribution in [1.82, 2.24) is 15.0 Å². The van der Waals surface area contributed by atoms with Crippen molar-refractivity contribution in [3.8, 4) is 11.4 Å². The minimum atomic E-state index is -4.43. The van der Waals surface area contributed by atoms with Crippen LogP contribution >= 0.6 is 0 Å². The van der Waals surface area contributed by atoms with Crippen molar-refractivity contribution < 1.29 is 22.4 Å². The largest absolute Gasteiger partial charge is 0.416 e. The highest BCUT2D eigenvalue weighted by Gasteiger charge is 2.31. The van der Waals surface area contributed by atoms with Crippen LogP contribution in [0.1, 0.15) is 30.0 Å². The second kappa shape index (κ2) is 9.30. The number of alkyl halides is 3. The average molecular weight is 446 g/mol. The fraction of sp³-hybridized carbons (Fsp3) is 0.391. The lowest BCUT2D eigenvalue weighted by Crippen LogP contribution is -2.37. The van der Waals surface area contributed by atoms with E-state index in [-0.39, 0.29) is 17.4 Å². The summed E-state index contributed by atoms with van der Waals surface area (Å²) in [6, 6.07) is 12.9. The first-order valence-electron chi connectivity index (χ1n) is 10.4. The van der Waals surface area contributed by atoms with Gasteiger partial charge in [-0.15, -0.1) is 0 Å². The van der Waals surface area contributed by atoms with Crippen LogP contribution in [0, 0.1) is 0 Å². The van der Waals surface area contributed by atoms with Crippen molar-refractivity contribution in [3.63, 3.8) is 0 Å². The summed E-state index contributed by atoms with van der Waals surface area (Å²) in [6.45, 7) is 5.69. The lowest BCUT2D eigenvalue weighted by molar-refractivity contribution is -0.137. The number of morpholine rings is 1. The molecule has 1 aromatic heterocycles. The molecule has 4 rings (SSSR count). The van der Waals surface area contributed by atoms with Gasteiger partial charge in [-0.25, -0.2) is 0 Å². The number of hydrogen-bond acceptors (Lipinski definition) is 6. The molecule has 170 valence electrons. The minimum absolute atomic E-state index is 0.139. The molecule has 1 aliphatic heterocycles. The van der Waals surface area contributed by atoms with Crippen LogP contribution < -0.4 is 4.90 Å². The van der Waals surface area contributed by atoms with Gasteiger partial charge in [-0.3, -0.25) is 4.90 Å². The van der Waals surface area contributed by atoms with Crippen LogP contribution in [0.15, 0.2) is 53.1 Å². The van der Waals surface area contributed by atoms with Crippen LogP contribution in [0.4, 0.5) is 18.9 Å². The molecule has 0 N–H and O–H groups in total. The fourth-order valence-electron chi connectivity index (χ4n) is 3.71. The Kier molecular flexibility index (Phi) is 6.48. The first kappa shape index (κ1) is 22.3. The van der Waals surface area contributed by atoms with Gasteiger partial charge in [0.1, 0.15) is 0 Å². The van der Waals surface area contributed by atoms with Crippen molar-refractivity contribution in [1.29, 1.82) is 0 Å². The van der Waals surface area contributed by atoms with E-state index < -0.39 is 11.7 Å². The van der Waals surface area contributed by atoms with E-state index in [1.54, 1.807) is 0 Å². The maximum atomic E-state index is 13.0. The second-order valence-electron chi connectivity index (χ2n) is 7.85. The molecule has 0 bridgehead atoms. The molecule has 32 heavy (non-hydrogen) atoms. The molecule has 0 saturated carbocycles. The third-order valence-corrected chi connectivity index (χ3v) is 5.67. The summed E-state index contributed by atoms with van der Waals surface area (Å²) in [7, 11) is 1.95. The SMILES string of the molecule is CC(c1nc(-c2cccc(C(F)(F)F)c2)no1)N(C)Cc1ccccc1N1CCOCC1. The maximum Gasteiger partial charge on any atom is 0.416 e. The van der Waals surface area contributed by atoms with Crippen LogP contribution in [0.2, 0.25) is 0 Å². The quantitative estimate of drug-likeness (QED) is 0.543. The van der Waals surface area contributed by atoms with Gasteiger partial charge in [0.2, 0.25) is 11.7 Å². The molecule has 1 atom stereocenters. The molecule has 0 aliphatic carbocycles. The van der Waals surface area contributed by atoms with Gasteiger partial charge < -0.3 is 14.2 Å². The summed E-state index contributed by atoms with van der Waals surface area (Å²) in [5.41, 5.74) is 1.86. The molecule has 1 fully saturated rings. The summed E-state index contributed by atoms with van der Waals surface area (Å²) in [5, 5.41) is 3.91. The van der Waals surface area contributed by atoms with Crippen molar-refractivity contribution in [3.05, 3.63) is 65.5 Å². The van der Waals surface area contributed by atoms with Crippen LogP contribution in [-0.4, -0.2) is 48.4 Å². The number of aromatic nitrogens is 2. The van der Waals surface area contributed by atoms with Gasteiger partial charge in [-0.05, 0) is 37.7 Å². The first-order valence-corrected chi connectivity index (χ1v) is 10.4. The zero-order valence-corrected chi connectivity index (χ0v) is 18.0. The van der Waals surface area contributed by atoms with E-state index in [0.717, 1.165) is 25.2 Å². The maximum absolute atomic E-state index is 13.0. The Morgan fingerprint density at radius 1 is 1.09 bits per heavy atom. The number of halogens is 3. The average Bonchev–Trinajstić information content (AvgIpc) is 3.29. The van der Waals surface area contributed by atoms with Gasteiger partial charge in [0.25, 0.3) is 0 Å². The number of para-hydroxylation sites is 1. The summed E-state index contributed by atoms with van der Waals surface area (Å²) in [5.74, 6) is 0.490. The van der Waals surface area contributed by atoms with E-state index in [1.807, 2.05) is 26.1 Å². The van der Waals surface area contributed by atoms with Crippen molar-refractivity contribution in [2.75, 3.05) is 38.3 Å². The number of benzene rings is 2. The lowest BCUT2D eigenvalue weighted by Gasteiger charge is -2.32. The Bertz CT molecular complexity index is 1050. The fourth-order valence-corrected chi connectivity index (χ4v) is 3.71. The zero-order chi connectivity index (χ0) is 22.7. The number of rotatable bonds is 6. The summed E-state index contributed by atoms with van der Waals surface area (Å²) in [4.78, 5) is 8.75. The number of anilines is 1. The molecule has 1 aliphatic rings. The van der Waals surface area contributed by atoms with Gasteiger partial charge in [0, 0.05) is 30.9 Å². The highest BCUT2D eigenvalue weighted by atomic mass is 19.4. The van der Waals surface area contributed by atoms with Crippen molar-refractivity contribution in [2.24, 2.45) is 0 Å². The molecule has 2 heterocycles. The molecule has 9 heteroatoms. The summed E-state index contributed by atoms with van der Waals surface area (Å²) < 4.78 is 49.9. The Morgan fingerprint density at radius 2 is 1.84 bits per heavy atom. The molecule has 0 spiro atoms. The zero-order valence-electron chi connectivity index (χ0n) is 18.0. The Morgan fingerprint density at radius 3 is 2.59 bits per heavy atom.